The Bertz CT molecular complexity index is 817. The molecular weight excluding hydrogens is 304 g/mol. The standard InChI is InChI=1S/C18H20N4O2/c23-18(14-22-7-5-15-3-1-2-4-17(15)22)21-10-8-20(9-11-21)13-16-6-12-24-19-16/h1-7,12H,8-11,13-14H2. The van der Waals surface area contributed by atoms with Crippen molar-refractivity contribution in [1.29, 1.82) is 0 Å². The van der Waals surface area contributed by atoms with Gasteiger partial charge < -0.3 is 14.0 Å². The van der Waals surface area contributed by atoms with Crippen molar-refractivity contribution in [3.8, 4) is 0 Å². The molecule has 124 valence electrons. The third kappa shape index (κ3) is 3.05. The van der Waals surface area contributed by atoms with Gasteiger partial charge >= 0.3 is 0 Å². The van der Waals surface area contributed by atoms with Gasteiger partial charge in [0.2, 0.25) is 5.91 Å². The van der Waals surface area contributed by atoms with Crippen LogP contribution in [0.25, 0.3) is 10.9 Å². The van der Waals surface area contributed by atoms with E-state index in [-0.39, 0.29) is 5.91 Å². The SMILES string of the molecule is O=C(Cn1ccc2ccccc21)N1CCN(Cc2ccon2)CC1. The minimum atomic E-state index is 0.178. The summed E-state index contributed by atoms with van der Waals surface area (Å²) in [5.41, 5.74) is 2.05. The molecule has 0 saturated carbocycles. The van der Waals surface area contributed by atoms with Gasteiger partial charge in [0.15, 0.2) is 0 Å². The molecule has 1 amide bonds. The normalized spacial score (nSPS) is 15.9. The van der Waals surface area contributed by atoms with Gasteiger partial charge in [-0.3, -0.25) is 9.69 Å². The fourth-order valence-electron chi connectivity index (χ4n) is 3.23. The van der Waals surface area contributed by atoms with Gasteiger partial charge in [-0.05, 0) is 17.5 Å². The molecule has 0 bridgehead atoms. The number of para-hydroxylation sites is 1. The van der Waals surface area contributed by atoms with Crippen LogP contribution < -0.4 is 0 Å². The predicted molar refractivity (Wildman–Crippen MR) is 90.3 cm³/mol. The van der Waals surface area contributed by atoms with Crippen LogP contribution in [0.3, 0.4) is 0 Å². The molecule has 6 nitrogen and oxygen atoms in total. The second-order valence-corrected chi connectivity index (χ2v) is 6.15. The van der Waals surface area contributed by atoms with E-state index in [1.165, 1.54) is 5.39 Å². The number of hydrogen-bond donors (Lipinski definition) is 0. The lowest BCUT2D eigenvalue weighted by atomic mass is 10.2. The summed E-state index contributed by atoms with van der Waals surface area (Å²) in [6, 6.07) is 12.1. The molecule has 1 fully saturated rings. The Balaban J connectivity index is 1.34. The maximum Gasteiger partial charge on any atom is 0.242 e. The summed E-state index contributed by atoms with van der Waals surface area (Å²) in [6.07, 6.45) is 3.58. The lowest BCUT2D eigenvalue weighted by Crippen LogP contribution is -2.49. The largest absolute Gasteiger partial charge is 0.364 e. The second-order valence-electron chi connectivity index (χ2n) is 6.15. The average Bonchev–Trinajstić information content (AvgIpc) is 3.26. The van der Waals surface area contributed by atoms with Crippen LogP contribution in [-0.4, -0.2) is 51.6 Å². The van der Waals surface area contributed by atoms with E-state index in [0.717, 1.165) is 43.9 Å². The molecule has 6 heteroatoms. The third-order valence-corrected chi connectivity index (χ3v) is 4.59. The zero-order valence-electron chi connectivity index (χ0n) is 13.5. The summed E-state index contributed by atoms with van der Waals surface area (Å²) in [5.74, 6) is 0.178. The van der Waals surface area contributed by atoms with Crippen LogP contribution in [0.1, 0.15) is 5.69 Å². The number of carbonyl (C=O) groups is 1. The van der Waals surface area contributed by atoms with E-state index in [1.807, 2.05) is 33.9 Å². The number of nitrogens with zero attached hydrogens (tertiary/aromatic N) is 4. The maximum absolute atomic E-state index is 12.6. The van der Waals surface area contributed by atoms with Gasteiger partial charge in [-0.25, -0.2) is 0 Å². The Morgan fingerprint density at radius 2 is 1.92 bits per heavy atom. The van der Waals surface area contributed by atoms with E-state index in [1.54, 1.807) is 6.26 Å². The van der Waals surface area contributed by atoms with Gasteiger partial charge in [-0.15, -0.1) is 0 Å². The molecule has 0 atom stereocenters. The van der Waals surface area contributed by atoms with Crippen molar-refractivity contribution in [2.75, 3.05) is 26.2 Å². The molecule has 1 saturated heterocycles. The van der Waals surface area contributed by atoms with E-state index in [9.17, 15) is 4.79 Å². The van der Waals surface area contributed by atoms with Crippen LogP contribution in [0, 0.1) is 0 Å². The van der Waals surface area contributed by atoms with Crippen molar-refractivity contribution in [2.24, 2.45) is 0 Å². The first kappa shape index (κ1) is 15.0. The molecule has 0 N–H and O–H groups in total. The average molecular weight is 324 g/mol. The Labute approximate surface area is 140 Å². The van der Waals surface area contributed by atoms with Crippen molar-refractivity contribution in [2.45, 2.75) is 13.1 Å². The van der Waals surface area contributed by atoms with Crippen molar-refractivity contribution in [3.05, 3.63) is 54.6 Å². The zero-order valence-corrected chi connectivity index (χ0v) is 13.5. The molecule has 24 heavy (non-hydrogen) atoms. The van der Waals surface area contributed by atoms with E-state index >= 15 is 0 Å². The maximum atomic E-state index is 12.6. The van der Waals surface area contributed by atoms with Crippen LogP contribution in [-0.2, 0) is 17.9 Å². The number of piperazine rings is 1. The first-order chi connectivity index (χ1) is 11.8. The van der Waals surface area contributed by atoms with E-state index in [0.29, 0.717) is 6.54 Å². The highest BCUT2D eigenvalue weighted by Crippen LogP contribution is 2.15. The van der Waals surface area contributed by atoms with Crippen molar-refractivity contribution >= 4 is 16.8 Å². The first-order valence-corrected chi connectivity index (χ1v) is 8.23. The Morgan fingerprint density at radius 3 is 2.71 bits per heavy atom. The summed E-state index contributed by atoms with van der Waals surface area (Å²) < 4.78 is 6.89. The van der Waals surface area contributed by atoms with Gasteiger partial charge in [-0.2, -0.15) is 0 Å². The Hall–Kier alpha value is -2.60. The summed E-state index contributed by atoms with van der Waals surface area (Å²) in [4.78, 5) is 16.8. The minimum Gasteiger partial charge on any atom is -0.364 e. The molecule has 0 aliphatic carbocycles. The quantitative estimate of drug-likeness (QED) is 0.736. The lowest BCUT2D eigenvalue weighted by molar-refractivity contribution is -0.133. The monoisotopic (exact) mass is 324 g/mol. The van der Waals surface area contributed by atoms with Gasteiger partial charge in [-0.1, -0.05) is 23.4 Å². The number of benzene rings is 1. The van der Waals surface area contributed by atoms with Crippen molar-refractivity contribution in [3.63, 3.8) is 0 Å². The van der Waals surface area contributed by atoms with Crippen LogP contribution in [0.15, 0.2) is 53.4 Å². The molecule has 1 aliphatic heterocycles. The number of carbonyl (C=O) groups excluding carboxylic acids is 1. The molecule has 4 rings (SSSR count). The smallest absolute Gasteiger partial charge is 0.242 e. The molecule has 1 aromatic carbocycles. The highest BCUT2D eigenvalue weighted by atomic mass is 16.5. The number of aromatic nitrogens is 2. The lowest BCUT2D eigenvalue weighted by Gasteiger charge is -2.34. The highest BCUT2D eigenvalue weighted by molar-refractivity contribution is 5.83. The second kappa shape index (κ2) is 6.49. The van der Waals surface area contributed by atoms with Crippen LogP contribution in [0.5, 0.6) is 0 Å². The highest BCUT2D eigenvalue weighted by Gasteiger charge is 2.22. The fraction of sp³-hybridized carbons (Fsp3) is 0.333. The molecule has 0 spiro atoms. The first-order valence-electron chi connectivity index (χ1n) is 8.23. The molecule has 0 unspecified atom stereocenters. The van der Waals surface area contributed by atoms with Gasteiger partial charge in [0.05, 0.1) is 5.69 Å². The Kier molecular flexibility index (Phi) is 4.04. The predicted octanol–water partition coefficient (Wildman–Crippen LogP) is 1.97. The summed E-state index contributed by atoms with van der Waals surface area (Å²) in [6.45, 7) is 4.43. The molecule has 3 heterocycles. The van der Waals surface area contributed by atoms with Gasteiger partial charge in [0, 0.05) is 50.5 Å². The molecule has 1 aliphatic rings. The number of hydrogen-bond acceptors (Lipinski definition) is 4. The molecule has 2 aromatic heterocycles. The molecule has 0 radical (unpaired) electrons. The summed E-state index contributed by atoms with van der Waals surface area (Å²) in [5, 5.41) is 5.11. The van der Waals surface area contributed by atoms with Crippen molar-refractivity contribution in [1.82, 2.24) is 19.5 Å². The molecule has 3 aromatic rings. The number of amides is 1. The third-order valence-electron chi connectivity index (χ3n) is 4.59. The van der Waals surface area contributed by atoms with Crippen LogP contribution in [0.4, 0.5) is 0 Å². The zero-order chi connectivity index (χ0) is 16.4. The Morgan fingerprint density at radius 1 is 1.08 bits per heavy atom. The minimum absolute atomic E-state index is 0.178. The number of fused-ring (bicyclic) bond motifs is 1. The summed E-state index contributed by atoms with van der Waals surface area (Å²) >= 11 is 0. The van der Waals surface area contributed by atoms with E-state index in [4.69, 9.17) is 4.52 Å². The number of rotatable bonds is 4. The van der Waals surface area contributed by atoms with E-state index in [2.05, 4.69) is 28.3 Å². The van der Waals surface area contributed by atoms with Crippen LogP contribution >= 0.6 is 0 Å². The fourth-order valence-corrected chi connectivity index (χ4v) is 3.23. The van der Waals surface area contributed by atoms with E-state index < -0.39 is 0 Å². The molecular formula is C18H20N4O2. The topological polar surface area (TPSA) is 54.5 Å². The summed E-state index contributed by atoms with van der Waals surface area (Å²) in [7, 11) is 0. The van der Waals surface area contributed by atoms with Crippen LogP contribution in [0.2, 0.25) is 0 Å². The van der Waals surface area contributed by atoms with Gasteiger partial charge in [0.25, 0.3) is 0 Å². The van der Waals surface area contributed by atoms with Crippen molar-refractivity contribution < 1.29 is 9.32 Å². The van der Waals surface area contributed by atoms with Gasteiger partial charge in [0.1, 0.15) is 12.8 Å².